The van der Waals surface area contributed by atoms with Crippen LogP contribution in [0.2, 0.25) is 0 Å². The van der Waals surface area contributed by atoms with E-state index in [0.717, 1.165) is 0 Å². The fourth-order valence-corrected chi connectivity index (χ4v) is 0.824. The van der Waals surface area contributed by atoms with Crippen molar-refractivity contribution < 1.29 is 0 Å². The van der Waals surface area contributed by atoms with Crippen LogP contribution in [0, 0.1) is 0 Å². The third kappa shape index (κ3) is 1.43. The van der Waals surface area contributed by atoms with E-state index >= 15 is 0 Å². The molecule has 0 aromatic heterocycles. The van der Waals surface area contributed by atoms with Crippen LogP contribution in [0.4, 0.5) is 0 Å². The number of hydrogen-bond donors (Lipinski definition) is 5. The number of nitrogens with zero attached hydrogens (tertiary/aromatic N) is 1. The lowest BCUT2D eigenvalue weighted by Gasteiger charge is -2.39. The van der Waals surface area contributed by atoms with Crippen LogP contribution in [0.1, 0.15) is 0 Å². The highest BCUT2D eigenvalue weighted by molar-refractivity contribution is 4.74. The maximum absolute atomic E-state index is 5.57. The fraction of sp³-hybridized carbons (Fsp3) is 1.00. The van der Waals surface area contributed by atoms with Crippen molar-refractivity contribution in [2.24, 2.45) is 17.2 Å². The predicted molar refractivity (Wildman–Crippen MR) is 38.0 cm³/mol. The van der Waals surface area contributed by atoms with Gasteiger partial charge >= 0.3 is 0 Å². The summed E-state index contributed by atoms with van der Waals surface area (Å²) in [4.78, 5) is 1.74. The summed E-state index contributed by atoms with van der Waals surface area (Å²) in [5, 5.41) is 5.70. The molecule has 8 N–H and O–H groups in total. The smallest absolute Gasteiger partial charge is 0.116 e. The van der Waals surface area contributed by atoms with E-state index in [9.17, 15) is 0 Å². The number of nitrogens with one attached hydrogen (secondary N) is 2. The van der Waals surface area contributed by atoms with Gasteiger partial charge in [-0.15, -0.1) is 0 Å². The molecule has 0 bridgehead atoms. The topological polar surface area (TPSA) is 105 Å². The lowest BCUT2D eigenvalue weighted by Crippen LogP contribution is -2.75. The summed E-state index contributed by atoms with van der Waals surface area (Å²) in [7, 11) is 1.81. The Morgan fingerprint density at radius 3 is 1.90 bits per heavy atom. The molecule has 0 amide bonds. The van der Waals surface area contributed by atoms with Gasteiger partial charge in [0.2, 0.25) is 0 Å². The first-order valence-corrected chi connectivity index (χ1v) is 3.12. The second-order valence-electron chi connectivity index (χ2n) is 2.37. The Morgan fingerprint density at radius 1 is 1.10 bits per heavy atom. The maximum Gasteiger partial charge on any atom is 0.116 e. The lowest BCUT2D eigenvalue weighted by molar-refractivity contribution is 0.0525. The molecule has 0 saturated carbocycles. The summed E-state index contributed by atoms with van der Waals surface area (Å²) in [6.07, 6.45) is -0.862. The zero-order chi connectivity index (χ0) is 7.72. The number of hydrogen-bond acceptors (Lipinski definition) is 6. The Morgan fingerprint density at radius 2 is 1.50 bits per heavy atom. The van der Waals surface area contributed by atoms with E-state index in [4.69, 9.17) is 17.2 Å². The van der Waals surface area contributed by atoms with Crippen molar-refractivity contribution in [2.45, 2.75) is 18.9 Å². The van der Waals surface area contributed by atoms with Crippen molar-refractivity contribution in [2.75, 3.05) is 7.05 Å². The highest BCUT2D eigenvalue weighted by Gasteiger charge is 2.24. The summed E-state index contributed by atoms with van der Waals surface area (Å²) >= 11 is 0. The molecule has 6 heteroatoms. The first kappa shape index (κ1) is 7.86. The lowest BCUT2D eigenvalue weighted by atomic mass is 10.5. The van der Waals surface area contributed by atoms with Crippen LogP contribution in [-0.4, -0.2) is 30.8 Å². The first-order chi connectivity index (χ1) is 4.61. The Bertz CT molecular complexity index is 104. The Balaban J connectivity index is 2.49. The summed E-state index contributed by atoms with van der Waals surface area (Å²) in [6.45, 7) is 0. The van der Waals surface area contributed by atoms with E-state index in [0.29, 0.717) is 0 Å². The molecule has 6 nitrogen and oxygen atoms in total. The zero-order valence-electron chi connectivity index (χ0n) is 5.91. The van der Waals surface area contributed by atoms with E-state index in [1.54, 1.807) is 11.9 Å². The van der Waals surface area contributed by atoms with Crippen LogP contribution in [0.15, 0.2) is 0 Å². The minimum Gasteiger partial charge on any atom is -0.303 e. The average molecular weight is 146 g/mol. The van der Waals surface area contributed by atoms with Crippen LogP contribution in [-0.2, 0) is 0 Å². The number of nitrogens with two attached hydrogens (primary N) is 3. The van der Waals surface area contributed by atoms with Crippen molar-refractivity contribution in [1.82, 2.24) is 15.5 Å². The third-order valence-electron chi connectivity index (χ3n) is 1.58. The molecule has 1 aliphatic heterocycles. The van der Waals surface area contributed by atoms with E-state index < -0.39 is 0 Å². The molecule has 60 valence electrons. The molecule has 0 spiro atoms. The molecule has 10 heavy (non-hydrogen) atoms. The molecule has 1 fully saturated rings. The van der Waals surface area contributed by atoms with Gasteiger partial charge in [0.05, 0.1) is 0 Å². The summed E-state index contributed by atoms with van der Waals surface area (Å²) in [6, 6.07) is 0. The van der Waals surface area contributed by atoms with E-state index in [2.05, 4.69) is 10.6 Å². The Hall–Kier alpha value is -0.240. The number of rotatable bonds is 0. The molecule has 0 aromatic rings. The molecular formula is C4H14N6. The average Bonchev–Trinajstić information content (AvgIpc) is 1.82. The first-order valence-electron chi connectivity index (χ1n) is 3.12. The SMILES string of the molecule is CN1C(N)NC(N)NC1N. The van der Waals surface area contributed by atoms with Crippen molar-refractivity contribution in [3.8, 4) is 0 Å². The monoisotopic (exact) mass is 146 g/mol. The van der Waals surface area contributed by atoms with Gasteiger partial charge in [-0.1, -0.05) is 0 Å². The summed E-state index contributed by atoms with van der Waals surface area (Å²) < 4.78 is 0. The second kappa shape index (κ2) is 2.79. The van der Waals surface area contributed by atoms with Gasteiger partial charge in [0.1, 0.15) is 18.9 Å². The van der Waals surface area contributed by atoms with E-state index in [-0.39, 0.29) is 18.9 Å². The van der Waals surface area contributed by atoms with E-state index in [1.165, 1.54) is 0 Å². The Kier molecular flexibility index (Phi) is 2.19. The molecule has 0 aliphatic carbocycles. The molecule has 1 aliphatic rings. The van der Waals surface area contributed by atoms with Gasteiger partial charge in [0.25, 0.3) is 0 Å². The van der Waals surface area contributed by atoms with Gasteiger partial charge in [-0.2, -0.15) is 0 Å². The van der Waals surface area contributed by atoms with Crippen LogP contribution >= 0.6 is 0 Å². The zero-order valence-corrected chi connectivity index (χ0v) is 5.91. The van der Waals surface area contributed by atoms with Crippen molar-refractivity contribution in [3.05, 3.63) is 0 Å². The molecule has 2 atom stereocenters. The summed E-state index contributed by atoms with van der Waals surface area (Å²) in [5.74, 6) is 0. The molecule has 0 aromatic carbocycles. The second-order valence-corrected chi connectivity index (χ2v) is 2.37. The largest absolute Gasteiger partial charge is 0.303 e. The van der Waals surface area contributed by atoms with Crippen molar-refractivity contribution in [3.63, 3.8) is 0 Å². The molecule has 0 radical (unpaired) electrons. The van der Waals surface area contributed by atoms with E-state index in [1.807, 2.05) is 0 Å². The fourth-order valence-electron chi connectivity index (χ4n) is 0.824. The highest BCUT2D eigenvalue weighted by atomic mass is 15.5. The standard InChI is InChI=1S/C4H14N6/c1-10-3(6)8-2(5)9-4(10)7/h2-4,8-9H,5-7H2,1H3. The normalized spacial score (nSPS) is 43.8. The van der Waals surface area contributed by atoms with Gasteiger partial charge in [-0.3, -0.25) is 15.5 Å². The Labute approximate surface area is 59.7 Å². The highest BCUT2D eigenvalue weighted by Crippen LogP contribution is 1.93. The van der Waals surface area contributed by atoms with Gasteiger partial charge < -0.3 is 17.2 Å². The van der Waals surface area contributed by atoms with Crippen molar-refractivity contribution in [1.29, 1.82) is 0 Å². The van der Waals surface area contributed by atoms with Gasteiger partial charge in [-0.25, -0.2) is 0 Å². The molecule has 1 saturated heterocycles. The quantitative estimate of drug-likeness (QED) is 0.247. The molecule has 2 unspecified atom stereocenters. The van der Waals surface area contributed by atoms with Gasteiger partial charge in [0, 0.05) is 0 Å². The third-order valence-corrected chi connectivity index (χ3v) is 1.58. The van der Waals surface area contributed by atoms with Gasteiger partial charge in [-0.05, 0) is 7.05 Å². The minimum atomic E-state index is -0.318. The van der Waals surface area contributed by atoms with Crippen LogP contribution in [0.25, 0.3) is 0 Å². The van der Waals surface area contributed by atoms with Crippen LogP contribution in [0.5, 0.6) is 0 Å². The predicted octanol–water partition coefficient (Wildman–Crippen LogP) is -3.16. The van der Waals surface area contributed by atoms with Crippen molar-refractivity contribution >= 4 is 0 Å². The summed E-state index contributed by atoms with van der Waals surface area (Å²) in [5.41, 5.74) is 16.6. The minimum absolute atomic E-state index is 0.272. The maximum atomic E-state index is 5.57. The van der Waals surface area contributed by atoms with Crippen LogP contribution in [0.3, 0.4) is 0 Å². The van der Waals surface area contributed by atoms with Crippen LogP contribution < -0.4 is 27.8 Å². The molecule has 1 rings (SSSR count). The molecular weight excluding hydrogens is 132 g/mol. The molecule has 1 heterocycles. The van der Waals surface area contributed by atoms with Gasteiger partial charge in [0.15, 0.2) is 0 Å².